The van der Waals surface area contributed by atoms with Gasteiger partial charge in [-0.25, -0.2) is 8.42 Å². The van der Waals surface area contributed by atoms with E-state index in [1.165, 1.54) is 11.8 Å². The highest BCUT2D eigenvalue weighted by molar-refractivity contribution is 7.90. The maximum absolute atomic E-state index is 11.5. The molecular formula is C18H24N2O2S. The summed E-state index contributed by atoms with van der Waals surface area (Å²) >= 11 is 0. The van der Waals surface area contributed by atoms with Crippen molar-refractivity contribution in [1.29, 1.82) is 0 Å². The number of fused-ring (bicyclic) bond motifs is 1. The number of rotatable bonds is 4. The Labute approximate surface area is 139 Å². The molecule has 0 bridgehead atoms. The molecule has 1 aromatic carbocycles. The molecule has 1 aliphatic heterocycles. The van der Waals surface area contributed by atoms with Gasteiger partial charge in [0.2, 0.25) is 0 Å². The number of sulfone groups is 1. The normalized spacial score (nSPS) is 22.3. The second kappa shape index (κ2) is 5.78. The molecule has 1 aliphatic rings. The summed E-state index contributed by atoms with van der Waals surface area (Å²) in [4.78, 5) is 6.40. The van der Waals surface area contributed by atoms with Crippen LogP contribution in [0.5, 0.6) is 0 Å². The largest absolute Gasteiger partial charge is 0.368 e. The van der Waals surface area contributed by atoms with Gasteiger partial charge in [-0.3, -0.25) is 4.98 Å². The van der Waals surface area contributed by atoms with Crippen LogP contribution < -0.4 is 4.90 Å². The third-order valence-electron chi connectivity index (χ3n) is 4.83. The summed E-state index contributed by atoms with van der Waals surface area (Å²) in [5, 5.41) is 2.11. The summed E-state index contributed by atoms with van der Waals surface area (Å²) in [6, 6.07) is 6.24. The van der Waals surface area contributed by atoms with E-state index in [1.54, 1.807) is 6.20 Å². The predicted octanol–water partition coefficient (Wildman–Crippen LogP) is 3.23. The fraction of sp³-hybridized carbons (Fsp3) is 0.500. The molecule has 2 atom stereocenters. The second-order valence-electron chi connectivity index (χ2n) is 6.93. The maximum Gasteiger partial charge on any atom is 0.147 e. The number of aromatic nitrogens is 1. The van der Waals surface area contributed by atoms with Crippen LogP contribution in [-0.4, -0.2) is 38.0 Å². The molecule has 0 amide bonds. The average molecular weight is 333 g/mol. The van der Waals surface area contributed by atoms with Crippen LogP contribution >= 0.6 is 0 Å². The molecule has 4 nitrogen and oxygen atoms in total. The Balaban J connectivity index is 1.99. The Morgan fingerprint density at radius 3 is 2.70 bits per heavy atom. The van der Waals surface area contributed by atoms with Crippen molar-refractivity contribution >= 4 is 26.3 Å². The molecule has 2 heterocycles. The molecular weight excluding hydrogens is 308 g/mol. The molecule has 0 unspecified atom stereocenters. The average Bonchev–Trinajstić information content (AvgIpc) is 2.48. The number of nitrogens with zero attached hydrogens (tertiary/aromatic N) is 2. The van der Waals surface area contributed by atoms with Gasteiger partial charge in [-0.1, -0.05) is 19.9 Å². The van der Waals surface area contributed by atoms with Crippen molar-refractivity contribution < 1.29 is 9.79 Å². The number of hydrogen-bond acceptors (Lipinski definition) is 4. The molecule has 1 aromatic heterocycles. The zero-order valence-electron chi connectivity index (χ0n) is 15.1. The monoisotopic (exact) mass is 333 g/mol. The van der Waals surface area contributed by atoms with E-state index in [4.69, 9.17) is 1.37 Å². The third kappa shape index (κ3) is 3.07. The van der Waals surface area contributed by atoms with Gasteiger partial charge in [0.05, 0.1) is 7.12 Å². The number of benzene rings is 1. The zero-order valence-corrected chi connectivity index (χ0v) is 14.9. The SMILES string of the molecule is [2H]c1cc2c(C(C)C)ccc(N3C[C@H](CS(C)(=O)=O)[C@H]3C)c2cn1. The minimum absolute atomic E-state index is 0.170. The third-order valence-corrected chi connectivity index (χ3v) is 5.86. The fourth-order valence-electron chi connectivity index (χ4n) is 3.48. The van der Waals surface area contributed by atoms with Gasteiger partial charge in [0.15, 0.2) is 0 Å². The molecule has 2 aromatic rings. The summed E-state index contributed by atoms with van der Waals surface area (Å²) < 4.78 is 30.9. The lowest BCUT2D eigenvalue weighted by Crippen LogP contribution is -2.57. The van der Waals surface area contributed by atoms with Crippen molar-refractivity contribution in [2.45, 2.75) is 32.7 Å². The van der Waals surface area contributed by atoms with Crippen LogP contribution in [0.1, 0.15) is 33.6 Å². The van der Waals surface area contributed by atoms with Gasteiger partial charge < -0.3 is 4.90 Å². The van der Waals surface area contributed by atoms with E-state index in [0.717, 1.165) is 23.0 Å². The Bertz CT molecular complexity index is 880. The highest BCUT2D eigenvalue weighted by Gasteiger charge is 2.38. The van der Waals surface area contributed by atoms with Crippen LogP contribution in [0.3, 0.4) is 0 Å². The van der Waals surface area contributed by atoms with Crippen LogP contribution in [0.25, 0.3) is 10.8 Å². The minimum Gasteiger partial charge on any atom is -0.368 e. The quantitative estimate of drug-likeness (QED) is 0.862. The molecule has 1 fully saturated rings. The topological polar surface area (TPSA) is 50.3 Å². The first kappa shape index (κ1) is 14.9. The van der Waals surface area contributed by atoms with Gasteiger partial charge in [0.25, 0.3) is 0 Å². The standard InChI is InChI=1S/C18H24N2O2S/c1-12(2)15-5-6-18(17-9-19-8-7-16(15)17)20-10-14(13(20)3)11-23(4,21)22/h5-9,12-14H,10-11H2,1-4H3/t13-,14-/m1/s1/i8D. The maximum atomic E-state index is 11.5. The lowest BCUT2D eigenvalue weighted by molar-refractivity contribution is 0.342. The highest BCUT2D eigenvalue weighted by atomic mass is 32.2. The van der Waals surface area contributed by atoms with Gasteiger partial charge >= 0.3 is 0 Å². The molecule has 0 spiro atoms. The molecule has 0 radical (unpaired) electrons. The summed E-state index contributed by atoms with van der Waals surface area (Å²) in [6.07, 6.45) is 3.35. The van der Waals surface area contributed by atoms with Gasteiger partial charge in [0, 0.05) is 48.2 Å². The van der Waals surface area contributed by atoms with Crippen molar-refractivity contribution in [2.24, 2.45) is 5.92 Å². The van der Waals surface area contributed by atoms with E-state index >= 15 is 0 Å². The molecule has 23 heavy (non-hydrogen) atoms. The second-order valence-corrected chi connectivity index (χ2v) is 9.12. The molecule has 0 N–H and O–H groups in total. The van der Waals surface area contributed by atoms with Crippen LogP contribution in [0, 0.1) is 5.92 Å². The zero-order chi connectivity index (χ0) is 17.6. The van der Waals surface area contributed by atoms with E-state index < -0.39 is 9.84 Å². The molecule has 5 heteroatoms. The Kier molecular flexibility index (Phi) is 3.76. The van der Waals surface area contributed by atoms with E-state index in [2.05, 4.69) is 42.8 Å². The van der Waals surface area contributed by atoms with Gasteiger partial charge in [0.1, 0.15) is 9.84 Å². The highest BCUT2D eigenvalue weighted by Crippen LogP contribution is 2.38. The predicted molar refractivity (Wildman–Crippen MR) is 95.8 cm³/mol. The molecule has 1 saturated heterocycles. The Morgan fingerprint density at radius 2 is 2.09 bits per heavy atom. The first-order chi connectivity index (χ1) is 11.2. The smallest absolute Gasteiger partial charge is 0.147 e. The Morgan fingerprint density at radius 1 is 1.35 bits per heavy atom. The first-order valence-corrected chi connectivity index (χ1v) is 10.1. The minimum atomic E-state index is -2.95. The molecule has 0 aliphatic carbocycles. The van der Waals surface area contributed by atoms with Crippen molar-refractivity contribution in [3.63, 3.8) is 0 Å². The van der Waals surface area contributed by atoms with Crippen molar-refractivity contribution in [3.8, 4) is 0 Å². The summed E-state index contributed by atoms with van der Waals surface area (Å²) in [5.41, 5.74) is 2.30. The van der Waals surface area contributed by atoms with Gasteiger partial charge in [-0.05, 0) is 35.9 Å². The molecule has 3 rings (SSSR count). The molecule has 124 valence electrons. The van der Waals surface area contributed by atoms with Crippen LogP contribution in [-0.2, 0) is 9.84 Å². The first-order valence-electron chi connectivity index (χ1n) is 8.51. The Hall–Kier alpha value is -1.62. The van der Waals surface area contributed by atoms with Crippen LogP contribution in [0.2, 0.25) is 0 Å². The summed E-state index contributed by atoms with van der Waals surface area (Å²) in [5.74, 6) is 0.778. The molecule has 0 saturated carbocycles. The van der Waals surface area contributed by atoms with Crippen molar-refractivity contribution in [3.05, 3.63) is 36.1 Å². The summed E-state index contributed by atoms with van der Waals surface area (Å²) in [6.45, 7) is 7.11. The van der Waals surface area contributed by atoms with E-state index in [-0.39, 0.29) is 23.9 Å². The van der Waals surface area contributed by atoms with Crippen LogP contribution in [0.4, 0.5) is 5.69 Å². The van der Waals surface area contributed by atoms with E-state index in [0.29, 0.717) is 5.92 Å². The van der Waals surface area contributed by atoms with Crippen molar-refractivity contribution in [1.82, 2.24) is 4.98 Å². The fourth-order valence-corrected chi connectivity index (χ4v) is 4.64. The number of pyridine rings is 1. The van der Waals surface area contributed by atoms with Gasteiger partial charge in [-0.2, -0.15) is 0 Å². The van der Waals surface area contributed by atoms with Gasteiger partial charge in [-0.15, -0.1) is 0 Å². The summed E-state index contributed by atoms with van der Waals surface area (Å²) in [7, 11) is -2.95. The van der Waals surface area contributed by atoms with E-state index in [1.807, 2.05) is 6.07 Å². The van der Waals surface area contributed by atoms with Crippen LogP contribution in [0.15, 0.2) is 30.6 Å². The number of hydrogen-bond donors (Lipinski definition) is 0. The van der Waals surface area contributed by atoms with E-state index in [9.17, 15) is 8.42 Å². The lowest BCUT2D eigenvalue weighted by atomic mass is 9.89. The lowest BCUT2D eigenvalue weighted by Gasteiger charge is -2.48. The van der Waals surface area contributed by atoms with Crippen molar-refractivity contribution in [2.75, 3.05) is 23.5 Å². The number of anilines is 1.